The number of hydrogen-bond acceptors (Lipinski definition) is 2. The van der Waals surface area contributed by atoms with Crippen molar-refractivity contribution >= 4 is 29.1 Å². The van der Waals surface area contributed by atoms with E-state index in [1.54, 1.807) is 0 Å². The fourth-order valence-corrected chi connectivity index (χ4v) is 4.90. The highest BCUT2D eigenvalue weighted by molar-refractivity contribution is 6.30. The van der Waals surface area contributed by atoms with Crippen molar-refractivity contribution in [3.05, 3.63) is 69.7 Å². The highest BCUT2D eigenvalue weighted by atomic mass is 35.5. The molecule has 156 valence electrons. The molecule has 5 heteroatoms. The minimum Gasteiger partial charge on any atom is -0.369 e. The summed E-state index contributed by atoms with van der Waals surface area (Å²) in [5.74, 6) is 0.212. The zero-order valence-corrected chi connectivity index (χ0v) is 18.7. The van der Waals surface area contributed by atoms with Crippen molar-refractivity contribution in [1.82, 2.24) is 4.90 Å². The Labute approximate surface area is 184 Å². The van der Waals surface area contributed by atoms with Gasteiger partial charge in [0.05, 0.1) is 0 Å². The Balaban J connectivity index is 2.23. The number of carbonyl (C=O) groups is 1. The standard InChI is InChI=1S/C24H30Cl2N2O/c1-17(2)5-14-22(28-15-3-4-16-28)24(23(27)29,18-6-10-20(25)11-7-18)19-8-12-21(26)13-9-19/h6-13,17,22H,3-5,14-16H2,1-2H3,(H2,27,29). The van der Waals surface area contributed by atoms with Gasteiger partial charge in [-0.3, -0.25) is 9.69 Å². The van der Waals surface area contributed by atoms with Crippen LogP contribution in [-0.4, -0.2) is 29.9 Å². The summed E-state index contributed by atoms with van der Waals surface area (Å²) in [7, 11) is 0. The van der Waals surface area contributed by atoms with Gasteiger partial charge in [0.2, 0.25) is 5.91 Å². The number of carbonyl (C=O) groups excluding carboxylic acids is 1. The van der Waals surface area contributed by atoms with Crippen LogP contribution in [0.5, 0.6) is 0 Å². The molecule has 1 amide bonds. The highest BCUT2D eigenvalue weighted by Crippen LogP contribution is 2.42. The Kier molecular flexibility index (Phi) is 7.26. The zero-order chi connectivity index (χ0) is 21.0. The minimum atomic E-state index is -0.964. The zero-order valence-electron chi connectivity index (χ0n) is 17.2. The first-order chi connectivity index (χ1) is 13.9. The maximum atomic E-state index is 13.4. The monoisotopic (exact) mass is 432 g/mol. The predicted molar refractivity (Wildman–Crippen MR) is 122 cm³/mol. The molecule has 0 aliphatic carbocycles. The van der Waals surface area contributed by atoms with Gasteiger partial charge in [0, 0.05) is 16.1 Å². The van der Waals surface area contributed by atoms with E-state index < -0.39 is 5.41 Å². The number of halogens is 2. The maximum Gasteiger partial charge on any atom is 0.234 e. The van der Waals surface area contributed by atoms with Crippen LogP contribution in [0.15, 0.2) is 48.5 Å². The van der Waals surface area contributed by atoms with Crippen LogP contribution >= 0.6 is 23.2 Å². The van der Waals surface area contributed by atoms with Gasteiger partial charge >= 0.3 is 0 Å². The highest BCUT2D eigenvalue weighted by Gasteiger charge is 2.50. The summed E-state index contributed by atoms with van der Waals surface area (Å²) in [5, 5.41) is 1.28. The summed E-state index contributed by atoms with van der Waals surface area (Å²) in [6, 6.07) is 15.1. The molecule has 1 saturated heterocycles. The average Bonchev–Trinajstić information content (AvgIpc) is 3.21. The molecule has 0 radical (unpaired) electrons. The fourth-order valence-electron chi connectivity index (χ4n) is 4.64. The Morgan fingerprint density at radius 3 is 1.76 bits per heavy atom. The van der Waals surface area contributed by atoms with Crippen molar-refractivity contribution in [3.8, 4) is 0 Å². The number of likely N-dealkylation sites (tertiary alicyclic amines) is 1. The fraction of sp³-hybridized carbons (Fsp3) is 0.458. The van der Waals surface area contributed by atoms with E-state index in [4.69, 9.17) is 28.9 Å². The van der Waals surface area contributed by atoms with E-state index in [-0.39, 0.29) is 11.9 Å². The van der Waals surface area contributed by atoms with E-state index in [0.29, 0.717) is 16.0 Å². The van der Waals surface area contributed by atoms with E-state index in [2.05, 4.69) is 18.7 Å². The van der Waals surface area contributed by atoms with E-state index in [0.717, 1.165) is 49.9 Å². The third-order valence-corrected chi connectivity index (χ3v) is 6.59. The average molecular weight is 433 g/mol. The quantitative estimate of drug-likeness (QED) is 0.584. The lowest BCUT2D eigenvalue weighted by molar-refractivity contribution is -0.124. The van der Waals surface area contributed by atoms with Gasteiger partial charge in [-0.2, -0.15) is 0 Å². The molecule has 1 fully saturated rings. The molecular formula is C24H30Cl2N2O. The molecule has 0 spiro atoms. The van der Waals surface area contributed by atoms with Gasteiger partial charge in [-0.15, -0.1) is 0 Å². The Morgan fingerprint density at radius 1 is 0.931 bits per heavy atom. The number of amides is 1. The van der Waals surface area contributed by atoms with E-state index in [9.17, 15) is 4.79 Å². The summed E-state index contributed by atoms with van der Waals surface area (Å²) in [5.41, 5.74) is 7.06. The van der Waals surface area contributed by atoms with Crippen molar-refractivity contribution in [1.29, 1.82) is 0 Å². The molecular weight excluding hydrogens is 403 g/mol. The number of nitrogens with two attached hydrogens (primary N) is 1. The lowest BCUT2D eigenvalue weighted by atomic mass is 9.66. The molecule has 3 rings (SSSR count). The van der Waals surface area contributed by atoms with Crippen molar-refractivity contribution in [2.45, 2.75) is 51.0 Å². The van der Waals surface area contributed by atoms with E-state index in [1.165, 1.54) is 0 Å². The first-order valence-corrected chi connectivity index (χ1v) is 11.2. The van der Waals surface area contributed by atoms with Crippen LogP contribution in [0, 0.1) is 5.92 Å². The van der Waals surface area contributed by atoms with Gasteiger partial charge in [0.1, 0.15) is 5.41 Å². The molecule has 1 aliphatic rings. The number of rotatable bonds is 8. The topological polar surface area (TPSA) is 46.3 Å². The van der Waals surface area contributed by atoms with Crippen molar-refractivity contribution in [2.24, 2.45) is 11.7 Å². The van der Waals surface area contributed by atoms with Gasteiger partial charge in [0.25, 0.3) is 0 Å². The normalized spacial score (nSPS) is 16.3. The molecule has 1 aliphatic heterocycles. The second kappa shape index (κ2) is 9.51. The van der Waals surface area contributed by atoms with Crippen molar-refractivity contribution in [3.63, 3.8) is 0 Å². The van der Waals surface area contributed by atoms with Crippen LogP contribution in [-0.2, 0) is 10.2 Å². The Bertz CT molecular complexity index is 766. The number of primary amides is 1. The molecule has 1 unspecified atom stereocenters. The maximum absolute atomic E-state index is 13.4. The van der Waals surface area contributed by atoms with Gasteiger partial charge in [-0.1, -0.05) is 61.3 Å². The van der Waals surface area contributed by atoms with Gasteiger partial charge in [-0.05, 0) is 80.1 Å². The van der Waals surface area contributed by atoms with Crippen LogP contribution in [0.25, 0.3) is 0 Å². The first kappa shape index (κ1) is 22.1. The molecule has 0 saturated carbocycles. The lowest BCUT2D eigenvalue weighted by Crippen LogP contribution is -2.57. The molecule has 1 heterocycles. The molecule has 3 nitrogen and oxygen atoms in total. The SMILES string of the molecule is CC(C)CCC(N1CCCC1)C(C(N)=O)(c1ccc(Cl)cc1)c1ccc(Cl)cc1. The summed E-state index contributed by atoms with van der Waals surface area (Å²) in [4.78, 5) is 15.8. The first-order valence-electron chi connectivity index (χ1n) is 10.4. The molecule has 1 atom stereocenters. The molecule has 0 aromatic heterocycles. The van der Waals surface area contributed by atoms with Gasteiger partial charge in [0.15, 0.2) is 0 Å². The Hall–Kier alpha value is -1.55. The Morgan fingerprint density at radius 2 is 1.38 bits per heavy atom. The second-order valence-electron chi connectivity index (χ2n) is 8.42. The smallest absolute Gasteiger partial charge is 0.234 e. The summed E-state index contributed by atoms with van der Waals surface area (Å²) in [6.45, 7) is 6.41. The van der Waals surface area contributed by atoms with Crippen LogP contribution in [0.3, 0.4) is 0 Å². The second-order valence-corrected chi connectivity index (χ2v) is 9.29. The van der Waals surface area contributed by atoms with Gasteiger partial charge < -0.3 is 5.73 Å². The van der Waals surface area contributed by atoms with Crippen LogP contribution in [0.1, 0.15) is 50.7 Å². The largest absolute Gasteiger partial charge is 0.369 e. The number of benzene rings is 2. The summed E-state index contributed by atoms with van der Waals surface area (Å²) < 4.78 is 0. The number of nitrogens with zero attached hydrogens (tertiary/aromatic N) is 1. The summed E-state index contributed by atoms with van der Waals surface area (Å²) >= 11 is 12.3. The van der Waals surface area contributed by atoms with E-state index >= 15 is 0 Å². The van der Waals surface area contributed by atoms with Gasteiger partial charge in [-0.25, -0.2) is 0 Å². The van der Waals surface area contributed by atoms with Crippen LogP contribution in [0.4, 0.5) is 0 Å². The predicted octanol–water partition coefficient (Wildman–Crippen LogP) is 5.67. The molecule has 2 aromatic rings. The number of hydrogen-bond donors (Lipinski definition) is 1. The molecule has 2 N–H and O–H groups in total. The summed E-state index contributed by atoms with van der Waals surface area (Å²) in [6.07, 6.45) is 4.21. The van der Waals surface area contributed by atoms with Crippen LogP contribution in [0.2, 0.25) is 10.0 Å². The van der Waals surface area contributed by atoms with Crippen LogP contribution < -0.4 is 5.73 Å². The third kappa shape index (κ3) is 4.63. The molecule has 2 aromatic carbocycles. The van der Waals surface area contributed by atoms with E-state index in [1.807, 2.05) is 48.5 Å². The minimum absolute atomic E-state index is 0.0211. The van der Waals surface area contributed by atoms with Crippen molar-refractivity contribution in [2.75, 3.05) is 13.1 Å². The molecule has 29 heavy (non-hydrogen) atoms. The lowest BCUT2D eigenvalue weighted by Gasteiger charge is -2.44. The molecule has 0 bridgehead atoms. The third-order valence-electron chi connectivity index (χ3n) is 6.09. The van der Waals surface area contributed by atoms with Crippen molar-refractivity contribution < 1.29 is 4.79 Å².